The highest BCUT2D eigenvalue weighted by atomic mass is 35.5. The summed E-state index contributed by atoms with van der Waals surface area (Å²) in [5.41, 5.74) is 1.30. The van der Waals surface area contributed by atoms with Gasteiger partial charge < -0.3 is 20.5 Å². The van der Waals surface area contributed by atoms with Gasteiger partial charge in [-0.15, -0.1) is 11.8 Å². The number of carboxylic acids is 1. The molecule has 0 saturated carbocycles. The number of anilines is 2. The minimum Gasteiger partial charge on any atom is -0.497 e. The van der Waals surface area contributed by atoms with Gasteiger partial charge in [0.15, 0.2) is 0 Å². The second-order valence-corrected chi connectivity index (χ2v) is 8.01. The van der Waals surface area contributed by atoms with Crippen LogP contribution in [0.25, 0.3) is 0 Å². The van der Waals surface area contributed by atoms with Crippen LogP contribution in [-0.4, -0.2) is 35.8 Å². The molecule has 0 saturated heterocycles. The smallest absolute Gasteiger partial charge is 0.335 e. The van der Waals surface area contributed by atoms with E-state index in [1.807, 2.05) is 6.07 Å². The van der Waals surface area contributed by atoms with Crippen LogP contribution in [0.4, 0.5) is 11.4 Å². The maximum Gasteiger partial charge on any atom is 0.335 e. The van der Waals surface area contributed by atoms with Crippen LogP contribution in [0.1, 0.15) is 20.7 Å². The van der Waals surface area contributed by atoms with Crippen molar-refractivity contribution in [1.82, 2.24) is 0 Å². The molecule has 3 N–H and O–H groups in total. The number of carbonyl (C=O) groups is 3. The molecular weight excluding hydrogens is 452 g/mol. The van der Waals surface area contributed by atoms with Crippen molar-refractivity contribution in [1.29, 1.82) is 0 Å². The number of nitrogens with one attached hydrogen (secondary N) is 2. The maximum absolute atomic E-state index is 12.5. The molecule has 0 aliphatic carbocycles. The standard InChI is InChI=1S/C23H19ClN2O5S/c1-31-17-6-2-4-14(10-17)22(28)25-16-5-3-7-18(12-16)32-13-21(27)26-20-11-15(23(29)30)8-9-19(20)24/h2-12H,13H2,1H3,(H,25,28)(H,26,27)(H,29,30). The number of hydrogen-bond donors (Lipinski definition) is 3. The Bertz CT molecular complexity index is 1170. The predicted octanol–water partition coefficient (Wildman–Crippen LogP) is 5.03. The summed E-state index contributed by atoms with van der Waals surface area (Å²) in [6.45, 7) is 0. The van der Waals surface area contributed by atoms with E-state index >= 15 is 0 Å². The lowest BCUT2D eigenvalue weighted by Gasteiger charge is -2.10. The molecule has 7 nitrogen and oxygen atoms in total. The fourth-order valence-electron chi connectivity index (χ4n) is 2.72. The zero-order valence-electron chi connectivity index (χ0n) is 16.9. The first-order valence-electron chi connectivity index (χ1n) is 9.36. The Labute approximate surface area is 193 Å². The molecule has 0 spiro atoms. The molecule has 3 aromatic carbocycles. The third-order valence-electron chi connectivity index (χ3n) is 4.28. The Morgan fingerprint density at radius 3 is 2.50 bits per heavy atom. The van der Waals surface area contributed by atoms with Gasteiger partial charge in [-0.3, -0.25) is 9.59 Å². The minimum atomic E-state index is -1.11. The van der Waals surface area contributed by atoms with Crippen LogP contribution in [0.3, 0.4) is 0 Å². The van der Waals surface area contributed by atoms with Crippen molar-refractivity contribution in [2.24, 2.45) is 0 Å². The molecule has 0 heterocycles. The third-order valence-corrected chi connectivity index (χ3v) is 5.60. The monoisotopic (exact) mass is 470 g/mol. The number of carboxylic acid groups (broad SMARTS) is 1. The summed E-state index contributed by atoms with van der Waals surface area (Å²) in [4.78, 5) is 36.7. The Hall–Kier alpha value is -3.49. The van der Waals surface area contributed by atoms with Gasteiger partial charge >= 0.3 is 5.97 Å². The lowest BCUT2D eigenvalue weighted by atomic mass is 10.2. The zero-order chi connectivity index (χ0) is 23.1. The summed E-state index contributed by atoms with van der Waals surface area (Å²) >= 11 is 7.30. The van der Waals surface area contributed by atoms with Crippen molar-refractivity contribution in [3.05, 3.63) is 82.9 Å². The molecule has 0 aliphatic rings. The summed E-state index contributed by atoms with van der Waals surface area (Å²) in [7, 11) is 1.53. The van der Waals surface area contributed by atoms with Crippen molar-refractivity contribution in [3.8, 4) is 5.75 Å². The van der Waals surface area contributed by atoms with E-state index in [0.29, 0.717) is 17.0 Å². The molecule has 32 heavy (non-hydrogen) atoms. The number of ether oxygens (including phenoxy) is 1. The molecule has 0 fully saturated rings. The van der Waals surface area contributed by atoms with E-state index in [9.17, 15) is 14.4 Å². The van der Waals surface area contributed by atoms with Crippen molar-refractivity contribution in [2.45, 2.75) is 4.90 Å². The molecule has 0 aromatic heterocycles. The van der Waals surface area contributed by atoms with Crippen LogP contribution in [0.2, 0.25) is 5.02 Å². The number of aromatic carboxylic acids is 1. The number of benzene rings is 3. The van der Waals surface area contributed by atoms with E-state index in [4.69, 9.17) is 21.4 Å². The molecule has 0 aliphatic heterocycles. The highest BCUT2D eigenvalue weighted by Gasteiger charge is 2.12. The van der Waals surface area contributed by atoms with Crippen LogP contribution in [0, 0.1) is 0 Å². The van der Waals surface area contributed by atoms with E-state index in [-0.39, 0.29) is 33.8 Å². The summed E-state index contributed by atoms with van der Waals surface area (Å²) < 4.78 is 5.14. The lowest BCUT2D eigenvalue weighted by Crippen LogP contribution is -2.15. The number of halogens is 1. The molecule has 0 bridgehead atoms. The Morgan fingerprint density at radius 1 is 0.969 bits per heavy atom. The van der Waals surface area contributed by atoms with Crippen molar-refractivity contribution >= 4 is 52.5 Å². The van der Waals surface area contributed by atoms with Crippen molar-refractivity contribution in [2.75, 3.05) is 23.5 Å². The Balaban J connectivity index is 1.60. The maximum atomic E-state index is 12.5. The minimum absolute atomic E-state index is 0.0248. The van der Waals surface area contributed by atoms with Crippen LogP contribution >= 0.6 is 23.4 Å². The van der Waals surface area contributed by atoms with Gasteiger partial charge in [0.2, 0.25) is 5.91 Å². The number of amides is 2. The number of methoxy groups -OCH3 is 1. The van der Waals surface area contributed by atoms with Gasteiger partial charge in [0.05, 0.1) is 29.1 Å². The van der Waals surface area contributed by atoms with Crippen molar-refractivity contribution < 1.29 is 24.2 Å². The van der Waals surface area contributed by atoms with E-state index in [0.717, 1.165) is 4.90 Å². The van der Waals surface area contributed by atoms with Gasteiger partial charge in [-0.25, -0.2) is 4.79 Å². The van der Waals surface area contributed by atoms with Gasteiger partial charge in [0, 0.05) is 16.1 Å². The zero-order valence-corrected chi connectivity index (χ0v) is 18.5. The number of rotatable bonds is 8. The Morgan fingerprint density at radius 2 is 1.75 bits per heavy atom. The van der Waals surface area contributed by atoms with Crippen LogP contribution < -0.4 is 15.4 Å². The highest BCUT2D eigenvalue weighted by molar-refractivity contribution is 8.00. The summed E-state index contributed by atoms with van der Waals surface area (Å²) in [6, 6.07) is 18.0. The van der Waals surface area contributed by atoms with Crippen LogP contribution in [0.15, 0.2) is 71.6 Å². The van der Waals surface area contributed by atoms with Gasteiger partial charge in [0.1, 0.15) is 5.75 Å². The SMILES string of the molecule is COc1cccc(C(=O)Nc2cccc(SCC(=O)Nc3cc(C(=O)O)ccc3Cl)c2)c1. The molecule has 0 atom stereocenters. The summed E-state index contributed by atoms with van der Waals surface area (Å²) in [5, 5.41) is 14.8. The molecule has 164 valence electrons. The second-order valence-electron chi connectivity index (χ2n) is 6.55. The van der Waals surface area contributed by atoms with E-state index in [1.165, 1.54) is 37.1 Å². The largest absolute Gasteiger partial charge is 0.497 e. The molecule has 2 amide bonds. The quantitative estimate of drug-likeness (QED) is 0.399. The average molecular weight is 471 g/mol. The van der Waals surface area contributed by atoms with E-state index < -0.39 is 5.97 Å². The van der Waals surface area contributed by atoms with Crippen molar-refractivity contribution in [3.63, 3.8) is 0 Å². The second kappa shape index (κ2) is 10.7. The van der Waals surface area contributed by atoms with E-state index in [2.05, 4.69) is 10.6 Å². The molecule has 3 aromatic rings. The van der Waals surface area contributed by atoms with Gasteiger partial charge in [-0.1, -0.05) is 23.7 Å². The number of hydrogen-bond acceptors (Lipinski definition) is 5. The first kappa shape index (κ1) is 23.2. The van der Waals surface area contributed by atoms with Crippen LogP contribution in [-0.2, 0) is 4.79 Å². The fourth-order valence-corrected chi connectivity index (χ4v) is 3.64. The number of thioether (sulfide) groups is 1. The molecular formula is C23H19ClN2O5S. The number of carbonyl (C=O) groups excluding carboxylic acids is 2. The molecule has 9 heteroatoms. The predicted molar refractivity (Wildman–Crippen MR) is 125 cm³/mol. The normalized spacial score (nSPS) is 10.3. The first-order valence-corrected chi connectivity index (χ1v) is 10.7. The summed E-state index contributed by atoms with van der Waals surface area (Å²) in [6.07, 6.45) is 0. The Kier molecular flexibility index (Phi) is 7.75. The average Bonchev–Trinajstić information content (AvgIpc) is 2.79. The lowest BCUT2D eigenvalue weighted by molar-refractivity contribution is -0.113. The van der Waals surface area contributed by atoms with Gasteiger partial charge in [0.25, 0.3) is 5.91 Å². The van der Waals surface area contributed by atoms with E-state index in [1.54, 1.807) is 42.5 Å². The highest BCUT2D eigenvalue weighted by Crippen LogP contribution is 2.25. The topological polar surface area (TPSA) is 105 Å². The summed E-state index contributed by atoms with van der Waals surface area (Å²) in [5.74, 6) is -1.08. The van der Waals surface area contributed by atoms with Crippen LogP contribution in [0.5, 0.6) is 5.75 Å². The van der Waals surface area contributed by atoms with Gasteiger partial charge in [-0.2, -0.15) is 0 Å². The first-order chi connectivity index (χ1) is 15.4. The molecule has 0 radical (unpaired) electrons. The molecule has 3 rings (SSSR count). The van der Waals surface area contributed by atoms with Gasteiger partial charge in [-0.05, 0) is 54.6 Å². The third kappa shape index (κ3) is 6.26. The fraction of sp³-hybridized carbons (Fsp3) is 0.0870. The molecule has 0 unspecified atom stereocenters.